The van der Waals surface area contributed by atoms with Gasteiger partial charge in [-0.25, -0.2) is 4.18 Å². The molecule has 128 valence electrons. The van der Waals surface area contributed by atoms with E-state index in [1.165, 1.54) is 0 Å². The van der Waals surface area contributed by atoms with Crippen molar-refractivity contribution in [3.63, 3.8) is 0 Å². The molecule has 0 spiro atoms. The lowest BCUT2D eigenvalue weighted by molar-refractivity contribution is 0.229. The zero-order valence-electron chi connectivity index (χ0n) is 13.1. The molecule has 0 bridgehead atoms. The molecule has 0 aliphatic rings. The maximum absolute atomic E-state index is 10.4. The van der Waals surface area contributed by atoms with Crippen LogP contribution < -0.4 is 4.74 Å². The lowest BCUT2D eigenvalue weighted by atomic mass is 10.2. The number of hydrogen-bond donors (Lipinski definition) is 1. The maximum atomic E-state index is 10.4. The summed E-state index contributed by atoms with van der Waals surface area (Å²) < 4.78 is 38.7. The highest BCUT2D eigenvalue weighted by Crippen LogP contribution is 2.21. The number of aryl methyl sites for hydroxylation is 1. The van der Waals surface area contributed by atoms with E-state index < -0.39 is 10.4 Å². The van der Waals surface area contributed by atoms with Crippen molar-refractivity contribution in [2.24, 2.45) is 10.2 Å². The minimum Gasteiger partial charge on any atom is -0.494 e. The van der Waals surface area contributed by atoms with E-state index in [-0.39, 0.29) is 13.2 Å². The van der Waals surface area contributed by atoms with Gasteiger partial charge in [-0.05, 0) is 43.3 Å². The second-order valence-electron chi connectivity index (χ2n) is 4.98. The Bertz CT molecular complexity index is 771. The van der Waals surface area contributed by atoms with Crippen LogP contribution in [0.15, 0.2) is 58.8 Å². The Morgan fingerprint density at radius 3 is 2.00 bits per heavy atom. The molecular weight excluding hydrogens is 332 g/mol. The third-order valence-corrected chi connectivity index (χ3v) is 3.41. The van der Waals surface area contributed by atoms with Crippen LogP contribution in [0.3, 0.4) is 0 Å². The first-order chi connectivity index (χ1) is 11.4. The average molecular weight is 350 g/mol. The molecule has 0 amide bonds. The van der Waals surface area contributed by atoms with Crippen molar-refractivity contribution in [1.29, 1.82) is 0 Å². The molecule has 0 unspecified atom stereocenters. The number of hydrogen-bond acceptors (Lipinski definition) is 6. The van der Waals surface area contributed by atoms with E-state index in [1.54, 1.807) is 24.3 Å². The highest BCUT2D eigenvalue weighted by atomic mass is 32.3. The predicted octanol–water partition coefficient (Wildman–Crippen LogP) is 4.00. The van der Waals surface area contributed by atoms with Gasteiger partial charge in [0.05, 0.1) is 24.6 Å². The molecule has 0 aliphatic heterocycles. The summed E-state index contributed by atoms with van der Waals surface area (Å²) in [4.78, 5) is 0. The zero-order valence-corrected chi connectivity index (χ0v) is 13.9. The summed E-state index contributed by atoms with van der Waals surface area (Å²) in [6, 6.07) is 14.7. The molecule has 0 radical (unpaired) electrons. The molecule has 7 nitrogen and oxygen atoms in total. The Morgan fingerprint density at radius 1 is 0.917 bits per heavy atom. The van der Waals surface area contributed by atoms with Gasteiger partial charge in [0.1, 0.15) is 5.75 Å². The van der Waals surface area contributed by atoms with Crippen LogP contribution in [0.2, 0.25) is 0 Å². The van der Waals surface area contributed by atoms with Crippen LogP contribution in [0.1, 0.15) is 12.0 Å². The second kappa shape index (κ2) is 8.53. The third kappa shape index (κ3) is 6.86. The van der Waals surface area contributed by atoms with Crippen LogP contribution in [0.25, 0.3) is 0 Å². The normalized spacial score (nSPS) is 11.8. The molecule has 0 heterocycles. The Morgan fingerprint density at radius 2 is 1.46 bits per heavy atom. The summed E-state index contributed by atoms with van der Waals surface area (Å²) in [7, 11) is -4.38. The summed E-state index contributed by atoms with van der Waals surface area (Å²) in [5, 5.41) is 8.28. The number of ether oxygens (including phenoxy) is 1. The Labute approximate surface area is 140 Å². The van der Waals surface area contributed by atoms with Gasteiger partial charge in [-0.15, -0.1) is 0 Å². The van der Waals surface area contributed by atoms with E-state index in [0.29, 0.717) is 17.9 Å². The zero-order chi connectivity index (χ0) is 17.4. The molecule has 0 atom stereocenters. The topological polar surface area (TPSA) is 97.6 Å². The summed E-state index contributed by atoms with van der Waals surface area (Å²) >= 11 is 0. The quantitative estimate of drug-likeness (QED) is 0.441. The van der Waals surface area contributed by atoms with E-state index in [2.05, 4.69) is 14.4 Å². The second-order valence-corrected chi connectivity index (χ2v) is 6.07. The summed E-state index contributed by atoms with van der Waals surface area (Å²) in [5.74, 6) is 0.621. The molecule has 0 fully saturated rings. The molecule has 0 saturated carbocycles. The molecular formula is C16H18N2O5S. The molecule has 8 heteroatoms. The fourth-order valence-corrected chi connectivity index (χ4v) is 2.08. The first-order valence-electron chi connectivity index (χ1n) is 7.25. The maximum Gasteiger partial charge on any atom is 0.397 e. The van der Waals surface area contributed by atoms with Crippen LogP contribution in [-0.2, 0) is 14.6 Å². The predicted molar refractivity (Wildman–Crippen MR) is 89.4 cm³/mol. The molecule has 2 aromatic rings. The van der Waals surface area contributed by atoms with Gasteiger partial charge in [0.15, 0.2) is 0 Å². The summed E-state index contributed by atoms with van der Waals surface area (Å²) in [5.41, 5.74) is 2.63. The van der Waals surface area contributed by atoms with Crippen molar-refractivity contribution in [1.82, 2.24) is 0 Å². The Hall–Kier alpha value is -2.29. The van der Waals surface area contributed by atoms with Gasteiger partial charge in [0.25, 0.3) is 0 Å². The van der Waals surface area contributed by atoms with E-state index >= 15 is 0 Å². The average Bonchev–Trinajstić information content (AvgIpc) is 2.54. The molecule has 1 N–H and O–H groups in total. The van der Waals surface area contributed by atoms with Gasteiger partial charge in [0, 0.05) is 6.42 Å². The van der Waals surface area contributed by atoms with Gasteiger partial charge in [-0.2, -0.15) is 18.6 Å². The Balaban J connectivity index is 1.79. The standard InChI is InChI=1S/C16H18N2O5S/c1-13-3-5-14(6-4-13)17-18-15-7-9-16(10-8-15)22-11-2-12-23-24(19,20)21/h3-10H,2,11-12H2,1H3,(H,19,20,21). The van der Waals surface area contributed by atoms with Gasteiger partial charge < -0.3 is 4.74 Å². The van der Waals surface area contributed by atoms with E-state index in [9.17, 15) is 8.42 Å². The molecule has 0 aliphatic carbocycles. The molecule has 2 aromatic carbocycles. The molecule has 24 heavy (non-hydrogen) atoms. The van der Waals surface area contributed by atoms with Crippen molar-refractivity contribution < 1.29 is 21.9 Å². The minimum absolute atomic E-state index is 0.137. The lowest BCUT2D eigenvalue weighted by Crippen LogP contribution is -2.08. The number of rotatable bonds is 8. The Kier molecular flexibility index (Phi) is 6.42. The monoisotopic (exact) mass is 350 g/mol. The third-order valence-electron chi connectivity index (χ3n) is 2.94. The van der Waals surface area contributed by atoms with Gasteiger partial charge in [-0.3, -0.25) is 4.55 Å². The van der Waals surface area contributed by atoms with Crippen LogP contribution in [-0.4, -0.2) is 26.2 Å². The van der Waals surface area contributed by atoms with Gasteiger partial charge in [0.2, 0.25) is 0 Å². The highest BCUT2D eigenvalue weighted by Gasteiger charge is 2.03. The van der Waals surface area contributed by atoms with Gasteiger partial charge >= 0.3 is 10.4 Å². The molecule has 0 aromatic heterocycles. The summed E-state index contributed by atoms with van der Waals surface area (Å²) in [6.45, 7) is 2.13. The van der Waals surface area contributed by atoms with Crippen molar-refractivity contribution in [2.45, 2.75) is 13.3 Å². The SMILES string of the molecule is Cc1ccc(N=Nc2ccc(OCCCOS(=O)(=O)O)cc2)cc1. The fraction of sp³-hybridized carbons (Fsp3) is 0.250. The molecule has 0 saturated heterocycles. The van der Waals surface area contributed by atoms with Crippen molar-refractivity contribution in [2.75, 3.05) is 13.2 Å². The van der Waals surface area contributed by atoms with Crippen LogP contribution in [0.4, 0.5) is 11.4 Å². The number of benzene rings is 2. The summed E-state index contributed by atoms with van der Waals surface area (Å²) in [6.07, 6.45) is 0.328. The van der Waals surface area contributed by atoms with Crippen LogP contribution in [0.5, 0.6) is 5.75 Å². The van der Waals surface area contributed by atoms with E-state index in [1.807, 2.05) is 31.2 Å². The first kappa shape index (κ1) is 18.1. The van der Waals surface area contributed by atoms with E-state index in [4.69, 9.17) is 9.29 Å². The number of azo groups is 1. The molecule has 2 rings (SSSR count). The van der Waals surface area contributed by atoms with Crippen molar-refractivity contribution in [3.8, 4) is 5.75 Å². The first-order valence-corrected chi connectivity index (χ1v) is 8.62. The van der Waals surface area contributed by atoms with Crippen LogP contribution in [0, 0.1) is 6.92 Å². The highest BCUT2D eigenvalue weighted by molar-refractivity contribution is 7.80. The number of nitrogens with zero attached hydrogens (tertiary/aromatic N) is 2. The van der Waals surface area contributed by atoms with Crippen molar-refractivity contribution >= 4 is 21.8 Å². The van der Waals surface area contributed by atoms with Crippen molar-refractivity contribution in [3.05, 3.63) is 54.1 Å². The van der Waals surface area contributed by atoms with E-state index in [0.717, 1.165) is 11.3 Å². The smallest absolute Gasteiger partial charge is 0.397 e. The lowest BCUT2D eigenvalue weighted by Gasteiger charge is -2.05. The van der Waals surface area contributed by atoms with Crippen LogP contribution >= 0.6 is 0 Å². The largest absolute Gasteiger partial charge is 0.494 e. The minimum atomic E-state index is -4.38. The van der Waals surface area contributed by atoms with Gasteiger partial charge in [-0.1, -0.05) is 17.7 Å². The fourth-order valence-electron chi connectivity index (χ4n) is 1.75.